The van der Waals surface area contributed by atoms with Crippen LogP contribution in [-0.2, 0) is 14.3 Å². The Hall–Kier alpha value is -0.970. The summed E-state index contributed by atoms with van der Waals surface area (Å²) in [5, 5.41) is 0. The summed E-state index contributed by atoms with van der Waals surface area (Å²) < 4.78 is 40.1. The van der Waals surface area contributed by atoms with Crippen molar-refractivity contribution in [3.63, 3.8) is 0 Å². The molecular formula is C29H48F2O3. The number of carbonyl (C=O) groups is 1. The molecule has 3 aliphatic carbocycles. The summed E-state index contributed by atoms with van der Waals surface area (Å²) in [6, 6.07) is 0. The van der Waals surface area contributed by atoms with Crippen molar-refractivity contribution < 1.29 is 23.0 Å². The summed E-state index contributed by atoms with van der Waals surface area (Å²) in [5.74, 6) is 2.82. The molecule has 34 heavy (non-hydrogen) atoms. The van der Waals surface area contributed by atoms with E-state index >= 15 is 0 Å². The van der Waals surface area contributed by atoms with Gasteiger partial charge in [0.25, 0.3) is 0 Å². The lowest BCUT2D eigenvalue weighted by Gasteiger charge is -2.42. The van der Waals surface area contributed by atoms with Crippen LogP contribution < -0.4 is 0 Å². The zero-order chi connectivity index (χ0) is 24.3. The van der Waals surface area contributed by atoms with Gasteiger partial charge in [0.1, 0.15) is 18.4 Å². The molecule has 0 N–H and O–H groups in total. The third-order valence-corrected chi connectivity index (χ3v) is 9.04. The standard InChI is InChI=1S/C29H48F2O3/c1-3-5-6-8-21-9-11-22(12-10-21)23-13-15-24(16-14-23)25-19-26(30)29(27(31)20-25)34-18-7-17-33-28(32)4-2/h4,21-27,29H,2-3,5-20H2,1H3. The zero-order valence-corrected chi connectivity index (χ0v) is 21.4. The molecule has 0 aromatic carbocycles. The van der Waals surface area contributed by atoms with Crippen LogP contribution in [0.1, 0.15) is 103 Å². The summed E-state index contributed by atoms with van der Waals surface area (Å²) in [6.45, 7) is 6.00. The van der Waals surface area contributed by atoms with Crippen LogP contribution in [0.25, 0.3) is 0 Å². The molecule has 0 saturated heterocycles. The molecule has 196 valence electrons. The maximum absolute atomic E-state index is 14.8. The number of esters is 1. The second-order valence-corrected chi connectivity index (χ2v) is 11.3. The molecule has 5 heteroatoms. The molecule has 0 bridgehead atoms. The third kappa shape index (κ3) is 8.31. The minimum Gasteiger partial charge on any atom is -0.462 e. The van der Waals surface area contributed by atoms with Crippen LogP contribution in [0.5, 0.6) is 0 Å². The van der Waals surface area contributed by atoms with Crippen molar-refractivity contribution in [2.24, 2.45) is 29.6 Å². The molecule has 0 aromatic rings. The first-order chi connectivity index (χ1) is 16.5. The normalized spacial score (nSPS) is 36.7. The second kappa shape index (κ2) is 14.6. The van der Waals surface area contributed by atoms with Crippen LogP contribution in [-0.4, -0.2) is 37.6 Å². The van der Waals surface area contributed by atoms with E-state index in [0.717, 1.165) is 36.7 Å². The van der Waals surface area contributed by atoms with Crippen LogP contribution in [0.15, 0.2) is 12.7 Å². The molecule has 3 aliphatic rings. The number of halogens is 2. The topological polar surface area (TPSA) is 35.5 Å². The van der Waals surface area contributed by atoms with Gasteiger partial charge in [0.15, 0.2) is 0 Å². The lowest BCUT2D eigenvalue weighted by molar-refractivity contribution is -0.139. The average Bonchev–Trinajstić information content (AvgIpc) is 2.85. The van der Waals surface area contributed by atoms with Crippen molar-refractivity contribution >= 4 is 5.97 Å². The van der Waals surface area contributed by atoms with E-state index in [4.69, 9.17) is 9.47 Å². The fourth-order valence-electron chi connectivity index (χ4n) is 6.99. The number of alkyl halides is 2. The Bertz CT molecular complexity index is 584. The van der Waals surface area contributed by atoms with E-state index in [2.05, 4.69) is 13.5 Å². The Labute approximate surface area is 206 Å². The Morgan fingerprint density at radius 2 is 1.38 bits per heavy atom. The number of carbonyl (C=O) groups excluding carboxylic acids is 1. The molecule has 3 saturated carbocycles. The molecule has 3 fully saturated rings. The molecule has 0 radical (unpaired) electrons. The van der Waals surface area contributed by atoms with E-state index in [1.54, 1.807) is 0 Å². The first-order valence-corrected chi connectivity index (χ1v) is 14.2. The van der Waals surface area contributed by atoms with Crippen molar-refractivity contribution in [1.82, 2.24) is 0 Å². The summed E-state index contributed by atoms with van der Waals surface area (Å²) >= 11 is 0. The summed E-state index contributed by atoms with van der Waals surface area (Å²) in [6.07, 6.45) is 14.9. The van der Waals surface area contributed by atoms with E-state index in [9.17, 15) is 13.6 Å². The molecule has 0 amide bonds. The Kier molecular flexibility index (Phi) is 11.8. The smallest absolute Gasteiger partial charge is 0.330 e. The van der Waals surface area contributed by atoms with Gasteiger partial charge in [0.05, 0.1) is 13.2 Å². The highest BCUT2D eigenvalue weighted by molar-refractivity contribution is 5.81. The fraction of sp³-hybridized carbons (Fsp3) is 0.897. The Morgan fingerprint density at radius 3 is 1.94 bits per heavy atom. The molecule has 3 rings (SSSR count). The molecule has 0 aliphatic heterocycles. The molecule has 2 unspecified atom stereocenters. The zero-order valence-electron chi connectivity index (χ0n) is 21.4. The lowest BCUT2D eigenvalue weighted by atomic mass is 9.65. The number of rotatable bonds is 12. The summed E-state index contributed by atoms with van der Waals surface area (Å²) in [5.41, 5.74) is 0. The molecule has 3 nitrogen and oxygen atoms in total. The van der Waals surface area contributed by atoms with Gasteiger partial charge in [-0.15, -0.1) is 0 Å². The SMILES string of the molecule is C=CC(=O)OCCCOC1C(F)CC(C2CCC(C3CCC(CCCCC)CC3)CC2)CC1F. The first-order valence-electron chi connectivity index (χ1n) is 14.2. The number of hydrogen-bond donors (Lipinski definition) is 0. The minimum absolute atomic E-state index is 0.147. The fourth-order valence-corrected chi connectivity index (χ4v) is 6.99. The maximum atomic E-state index is 14.8. The largest absolute Gasteiger partial charge is 0.462 e. The van der Waals surface area contributed by atoms with Gasteiger partial charge >= 0.3 is 5.97 Å². The van der Waals surface area contributed by atoms with E-state index in [-0.39, 0.29) is 19.1 Å². The van der Waals surface area contributed by atoms with E-state index in [1.165, 1.54) is 64.2 Å². The molecule has 2 atom stereocenters. The lowest BCUT2D eigenvalue weighted by Crippen LogP contribution is -2.44. The van der Waals surface area contributed by atoms with Gasteiger partial charge < -0.3 is 9.47 Å². The van der Waals surface area contributed by atoms with E-state index in [0.29, 0.717) is 25.2 Å². The van der Waals surface area contributed by atoms with Crippen molar-refractivity contribution in [3.05, 3.63) is 12.7 Å². The van der Waals surface area contributed by atoms with Crippen LogP contribution >= 0.6 is 0 Å². The minimum atomic E-state index is -1.25. The Morgan fingerprint density at radius 1 is 0.824 bits per heavy atom. The monoisotopic (exact) mass is 482 g/mol. The summed E-state index contributed by atoms with van der Waals surface area (Å²) in [7, 11) is 0. The Balaban J connectivity index is 1.33. The van der Waals surface area contributed by atoms with Gasteiger partial charge in [-0.1, -0.05) is 52.0 Å². The number of unbranched alkanes of at least 4 members (excludes halogenated alkanes) is 2. The van der Waals surface area contributed by atoms with Crippen LogP contribution in [0.2, 0.25) is 0 Å². The van der Waals surface area contributed by atoms with Crippen molar-refractivity contribution in [2.45, 2.75) is 122 Å². The average molecular weight is 483 g/mol. The van der Waals surface area contributed by atoms with Crippen LogP contribution in [0.4, 0.5) is 8.78 Å². The van der Waals surface area contributed by atoms with Crippen molar-refractivity contribution in [3.8, 4) is 0 Å². The molecular weight excluding hydrogens is 434 g/mol. The highest BCUT2D eigenvalue weighted by Crippen LogP contribution is 2.46. The van der Waals surface area contributed by atoms with E-state index in [1.807, 2.05) is 0 Å². The predicted octanol–water partition coefficient (Wildman–Crippen LogP) is 7.77. The van der Waals surface area contributed by atoms with Crippen LogP contribution in [0.3, 0.4) is 0 Å². The second-order valence-electron chi connectivity index (χ2n) is 11.3. The van der Waals surface area contributed by atoms with Gasteiger partial charge in [0, 0.05) is 12.5 Å². The van der Waals surface area contributed by atoms with Gasteiger partial charge in [-0.3, -0.25) is 0 Å². The third-order valence-electron chi connectivity index (χ3n) is 9.04. The number of hydrogen-bond acceptors (Lipinski definition) is 3. The predicted molar refractivity (Wildman–Crippen MR) is 133 cm³/mol. The van der Waals surface area contributed by atoms with Gasteiger partial charge in [-0.25, -0.2) is 13.6 Å². The van der Waals surface area contributed by atoms with Gasteiger partial charge in [0.2, 0.25) is 0 Å². The quantitative estimate of drug-likeness (QED) is 0.162. The molecule has 0 spiro atoms. The summed E-state index contributed by atoms with van der Waals surface area (Å²) in [4.78, 5) is 11.0. The van der Waals surface area contributed by atoms with Gasteiger partial charge in [-0.05, 0) is 81.0 Å². The highest BCUT2D eigenvalue weighted by atomic mass is 19.1. The molecule has 0 heterocycles. The van der Waals surface area contributed by atoms with Crippen molar-refractivity contribution in [1.29, 1.82) is 0 Å². The van der Waals surface area contributed by atoms with Crippen molar-refractivity contribution in [2.75, 3.05) is 13.2 Å². The van der Waals surface area contributed by atoms with Crippen LogP contribution in [0, 0.1) is 29.6 Å². The highest BCUT2D eigenvalue weighted by Gasteiger charge is 2.43. The number of ether oxygens (including phenoxy) is 2. The molecule has 0 aromatic heterocycles. The first kappa shape index (κ1) is 27.6. The maximum Gasteiger partial charge on any atom is 0.330 e. The van der Waals surface area contributed by atoms with Gasteiger partial charge in [-0.2, -0.15) is 0 Å². The van der Waals surface area contributed by atoms with E-state index < -0.39 is 24.4 Å².